The second-order valence-corrected chi connectivity index (χ2v) is 5.46. The molecule has 0 bridgehead atoms. The molecule has 2 rings (SSSR count). The van der Waals surface area contributed by atoms with Crippen molar-refractivity contribution >= 4 is 5.78 Å². The van der Waals surface area contributed by atoms with Crippen molar-refractivity contribution in [1.29, 1.82) is 0 Å². The van der Waals surface area contributed by atoms with Crippen molar-refractivity contribution < 1.29 is 14.3 Å². The van der Waals surface area contributed by atoms with E-state index < -0.39 is 11.2 Å². The summed E-state index contributed by atoms with van der Waals surface area (Å²) in [6.45, 7) is 4.82. The molecule has 1 heterocycles. The van der Waals surface area contributed by atoms with Gasteiger partial charge in [-0.05, 0) is 20.3 Å². The molecule has 0 atom stereocenters. The van der Waals surface area contributed by atoms with Crippen LogP contribution in [-0.4, -0.2) is 19.0 Å². The van der Waals surface area contributed by atoms with Gasteiger partial charge in [0.2, 0.25) is 5.79 Å². The fraction of sp³-hybridized carbons (Fsp3) is 0.471. The molecule has 0 aromatic heterocycles. The Kier molecular flexibility index (Phi) is 4.27. The third kappa shape index (κ3) is 2.37. The SMILES string of the molecule is C#CCC(=O)C(C)(C)C1(c2ccccc2)OCCCO1. The van der Waals surface area contributed by atoms with Crippen LogP contribution in [0.25, 0.3) is 0 Å². The summed E-state index contributed by atoms with van der Waals surface area (Å²) >= 11 is 0. The summed E-state index contributed by atoms with van der Waals surface area (Å²) < 4.78 is 11.9. The van der Waals surface area contributed by atoms with E-state index in [0.29, 0.717) is 13.2 Å². The highest BCUT2D eigenvalue weighted by molar-refractivity contribution is 5.87. The number of hydrogen-bond acceptors (Lipinski definition) is 3. The van der Waals surface area contributed by atoms with Gasteiger partial charge in [-0.3, -0.25) is 4.79 Å². The molecule has 106 valence electrons. The maximum Gasteiger partial charge on any atom is 0.207 e. The zero-order chi connectivity index (χ0) is 14.6. The lowest BCUT2D eigenvalue weighted by Gasteiger charge is -2.47. The van der Waals surface area contributed by atoms with Gasteiger partial charge in [-0.15, -0.1) is 6.42 Å². The van der Waals surface area contributed by atoms with Gasteiger partial charge in [0.15, 0.2) is 5.78 Å². The number of hydrogen-bond donors (Lipinski definition) is 0. The molecule has 1 aromatic carbocycles. The lowest BCUT2D eigenvalue weighted by Crippen LogP contribution is -2.53. The number of rotatable bonds is 4. The molecule has 0 spiro atoms. The third-order valence-electron chi connectivity index (χ3n) is 3.84. The van der Waals surface area contributed by atoms with Crippen molar-refractivity contribution in [3.05, 3.63) is 35.9 Å². The Labute approximate surface area is 120 Å². The molecule has 0 aliphatic carbocycles. The maximum absolute atomic E-state index is 12.4. The first kappa shape index (κ1) is 14.8. The van der Waals surface area contributed by atoms with Crippen molar-refractivity contribution in [2.45, 2.75) is 32.5 Å². The van der Waals surface area contributed by atoms with Crippen molar-refractivity contribution in [1.82, 2.24) is 0 Å². The average molecular weight is 272 g/mol. The summed E-state index contributed by atoms with van der Waals surface area (Å²) in [5.74, 6) is 1.32. The van der Waals surface area contributed by atoms with E-state index in [0.717, 1.165) is 12.0 Å². The van der Waals surface area contributed by atoms with Crippen LogP contribution in [0.5, 0.6) is 0 Å². The van der Waals surface area contributed by atoms with E-state index in [1.165, 1.54) is 0 Å². The van der Waals surface area contributed by atoms with Crippen LogP contribution in [0.2, 0.25) is 0 Å². The molecule has 3 nitrogen and oxygen atoms in total. The molecule has 1 aromatic rings. The third-order valence-corrected chi connectivity index (χ3v) is 3.84. The van der Waals surface area contributed by atoms with Crippen LogP contribution in [0.1, 0.15) is 32.3 Å². The molecule has 20 heavy (non-hydrogen) atoms. The number of ether oxygens (including phenoxy) is 2. The monoisotopic (exact) mass is 272 g/mol. The Morgan fingerprint density at radius 3 is 2.45 bits per heavy atom. The van der Waals surface area contributed by atoms with E-state index in [1.54, 1.807) is 0 Å². The topological polar surface area (TPSA) is 35.5 Å². The van der Waals surface area contributed by atoms with Crippen molar-refractivity contribution in [3.8, 4) is 12.3 Å². The van der Waals surface area contributed by atoms with E-state index in [-0.39, 0.29) is 12.2 Å². The predicted molar refractivity (Wildman–Crippen MR) is 76.9 cm³/mol. The minimum Gasteiger partial charge on any atom is -0.345 e. The van der Waals surface area contributed by atoms with Gasteiger partial charge in [-0.1, -0.05) is 36.3 Å². The summed E-state index contributed by atoms with van der Waals surface area (Å²) in [7, 11) is 0. The lowest BCUT2D eigenvalue weighted by atomic mass is 9.74. The Morgan fingerprint density at radius 2 is 1.90 bits per heavy atom. The molecular formula is C17H20O3. The highest BCUT2D eigenvalue weighted by Gasteiger charge is 2.54. The molecule has 1 fully saturated rings. The zero-order valence-corrected chi connectivity index (χ0v) is 12.0. The Hall–Kier alpha value is -1.63. The molecule has 0 N–H and O–H groups in total. The van der Waals surface area contributed by atoms with Gasteiger partial charge in [0.25, 0.3) is 0 Å². The van der Waals surface area contributed by atoms with Gasteiger partial charge >= 0.3 is 0 Å². The van der Waals surface area contributed by atoms with Gasteiger partial charge in [-0.2, -0.15) is 0 Å². The van der Waals surface area contributed by atoms with Crippen molar-refractivity contribution in [2.75, 3.05) is 13.2 Å². The molecule has 0 unspecified atom stereocenters. The van der Waals surface area contributed by atoms with Crippen LogP contribution in [0.4, 0.5) is 0 Å². The molecule has 0 radical (unpaired) electrons. The van der Waals surface area contributed by atoms with E-state index in [9.17, 15) is 4.79 Å². The molecule has 0 saturated carbocycles. The van der Waals surface area contributed by atoms with E-state index in [2.05, 4.69) is 5.92 Å². The minimum atomic E-state index is -1.06. The number of terminal acetylenes is 1. The zero-order valence-electron chi connectivity index (χ0n) is 12.0. The number of carbonyl (C=O) groups excluding carboxylic acids is 1. The normalized spacial score (nSPS) is 18.2. The fourth-order valence-corrected chi connectivity index (χ4v) is 2.58. The molecular weight excluding hydrogens is 252 g/mol. The average Bonchev–Trinajstić information content (AvgIpc) is 2.49. The van der Waals surface area contributed by atoms with Crippen LogP contribution in [0.15, 0.2) is 30.3 Å². The quantitative estimate of drug-likeness (QED) is 0.791. The summed E-state index contributed by atoms with van der Waals surface area (Å²) in [6.07, 6.45) is 6.19. The van der Waals surface area contributed by atoms with Gasteiger partial charge in [0.05, 0.1) is 25.0 Å². The van der Waals surface area contributed by atoms with E-state index >= 15 is 0 Å². The smallest absolute Gasteiger partial charge is 0.207 e. The van der Waals surface area contributed by atoms with Crippen LogP contribution in [0, 0.1) is 17.8 Å². The maximum atomic E-state index is 12.4. The lowest BCUT2D eigenvalue weighted by molar-refractivity contribution is -0.319. The predicted octanol–water partition coefficient (Wildman–Crippen LogP) is 2.89. The molecule has 0 amide bonds. The van der Waals surface area contributed by atoms with Crippen molar-refractivity contribution in [2.24, 2.45) is 5.41 Å². The highest BCUT2D eigenvalue weighted by Crippen LogP contribution is 2.46. The number of carbonyl (C=O) groups is 1. The molecule has 1 aliphatic rings. The number of Topliss-reactive ketones (excluding diaryl/α,β-unsaturated/α-hetero) is 1. The summed E-state index contributed by atoms with van der Waals surface area (Å²) in [5.41, 5.74) is 0.0105. The highest BCUT2D eigenvalue weighted by atomic mass is 16.7. The number of ketones is 1. The van der Waals surface area contributed by atoms with E-state index in [1.807, 2.05) is 44.2 Å². The van der Waals surface area contributed by atoms with Crippen LogP contribution >= 0.6 is 0 Å². The largest absolute Gasteiger partial charge is 0.345 e. The molecule has 1 aliphatic heterocycles. The molecule has 1 saturated heterocycles. The molecule has 3 heteroatoms. The second kappa shape index (κ2) is 5.78. The van der Waals surface area contributed by atoms with Crippen LogP contribution < -0.4 is 0 Å². The summed E-state index contributed by atoms with van der Waals surface area (Å²) in [6, 6.07) is 9.61. The second-order valence-electron chi connectivity index (χ2n) is 5.46. The van der Waals surface area contributed by atoms with Gasteiger partial charge in [-0.25, -0.2) is 0 Å². The Bertz CT molecular complexity index is 505. The van der Waals surface area contributed by atoms with Crippen LogP contribution in [0.3, 0.4) is 0 Å². The first-order valence-corrected chi connectivity index (χ1v) is 6.85. The van der Waals surface area contributed by atoms with E-state index in [4.69, 9.17) is 15.9 Å². The van der Waals surface area contributed by atoms with Gasteiger partial charge in [0.1, 0.15) is 0 Å². The summed E-state index contributed by atoms with van der Waals surface area (Å²) in [4.78, 5) is 12.4. The Balaban J connectivity index is 2.47. The summed E-state index contributed by atoms with van der Waals surface area (Å²) in [5, 5.41) is 0. The van der Waals surface area contributed by atoms with Crippen molar-refractivity contribution in [3.63, 3.8) is 0 Å². The van der Waals surface area contributed by atoms with Crippen LogP contribution in [-0.2, 0) is 20.1 Å². The first-order chi connectivity index (χ1) is 9.54. The minimum absolute atomic E-state index is 0.0502. The number of benzene rings is 1. The standard InChI is InChI=1S/C17H20O3/c1-4-9-15(18)16(2,3)17(19-12-8-13-20-17)14-10-6-5-7-11-14/h1,5-7,10-11H,8-9,12-13H2,2-3H3. The fourth-order valence-electron chi connectivity index (χ4n) is 2.58. The Morgan fingerprint density at radius 1 is 1.30 bits per heavy atom. The first-order valence-electron chi connectivity index (χ1n) is 6.85. The van der Waals surface area contributed by atoms with Gasteiger partial charge < -0.3 is 9.47 Å². The van der Waals surface area contributed by atoms with Gasteiger partial charge in [0, 0.05) is 5.56 Å².